The highest BCUT2D eigenvalue weighted by Gasteiger charge is 2.39. The molecule has 0 aliphatic heterocycles. The van der Waals surface area contributed by atoms with Gasteiger partial charge in [0.25, 0.3) is 0 Å². The number of nitrogens with zero attached hydrogens (tertiary/aromatic N) is 3. The van der Waals surface area contributed by atoms with Crippen LogP contribution in [0, 0.1) is 11.8 Å². The van der Waals surface area contributed by atoms with Crippen LogP contribution >= 0.6 is 0 Å². The lowest BCUT2D eigenvalue weighted by Crippen LogP contribution is -2.26. The monoisotopic (exact) mass is 232 g/mol. The third-order valence-electron chi connectivity index (χ3n) is 4.11. The van der Waals surface area contributed by atoms with E-state index in [2.05, 4.69) is 15.3 Å². The van der Waals surface area contributed by atoms with Gasteiger partial charge in [0.1, 0.15) is 5.82 Å². The van der Waals surface area contributed by atoms with Gasteiger partial charge in [-0.15, -0.1) is 0 Å². The van der Waals surface area contributed by atoms with Crippen LogP contribution in [0.25, 0.3) is 0 Å². The van der Waals surface area contributed by atoms with Crippen LogP contribution in [0.2, 0.25) is 0 Å². The zero-order valence-electron chi connectivity index (χ0n) is 10.6. The molecule has 2 fully saturated rings. The highest BCUT2D eigenvalue weighted by atomic mass is 15.2. The summed E-state index contributed by atoms with van der Waals surface area (Å²) < 4.78 is 0. The molecule has 1 aromatic heterocycles. The first-order valence-corrected chi connectivity index (χ1v) is 6.49. The van der Waals surface area contributed by atoms with Crippen LogP contribution in [0.1, 0.15) is 25.7 Å². The Morgan fingerprint density at radius 2 is 2.18 bits per heavy atom. The maximum atomic E-state index is 4.52. The van der Waals surface area contributed by atoms with Gasteiger partial charge in [0.2, 0.25) is 5.95 Å². The largest absolute Gasteiger partial charge is 0.367 e. The van der Waals surface area contributed by atoms with Gasteiger partial charge in [-0.25, -0.2) is 4.98 Å². The summed E-state index contributed by atoms with van der Waals surface area (Å²) >= 11 is 0. The standard InChI is InChI=1S/C13H20N4/c1-17(2)13-14-6-5-12(16-13)15-11-8-9-3-4-10(11)7-9/h5-6,9-11H,3-4,7-8H2,1-2H3,(H,14,15,16). The fraction of sp³-hybridized carbons (Fsp3) is 0.692. The van der Waals surface area contributed by atoms with E-state index in [1.165, 1.54) is 25.7 Å². The highest BCUT2D eigenvalue weighted by molar-refractivity contribution is 5.41. The first kappa shape index (κ1) is 10.8. The van der Waals surface area contributed by atoms with Crippen molar-refractivity contribution in [3.05, 3.63) is 12.3 Å². The molecular weight excluding hydrogens is 212 g/mol. The molecule has 2 aliphatic rings. The van der Waals surface area contributed by atoms with E-state index in [-0.39, 0.29) is 0 Å². The number of anilines is 2. The van der Waals surface area contributed by atoms with Crippen molar-refractivity contribution >= 4 is 11.8 Å². The summed E-state index contributed by atoms with van der Waals surface area (Å²) in [6.07, 6.45) is 7.41. The SMILES string of the molecule is CN(C)c1nccc(NC2CC3CCC2C3)n1. The third-order valence-corrected chi connectivity index (χ3v) is 4.11. The number of aromatic nitrogens is 2. The van der Waals surface area contributed by atoms with Gasteiger partial charge in [-0.05, 0) is 37.2 Å². The smallest absolute Gasteiger partial charge is 0.226 e. The van der Waals surface area contributed by atoms with E-state index in [1.54, 1.807) is 0 Å². The molecule has 0 amide bonds. The summed E-state index contributed by atoms with van der Waals surface area (Å²) in [6, 6.07) is 2.61. The minimum absolute atomic E-state index is 0.638. The molecule has 1 aromatic rings. The molecule has 3 rings (SSSR count). The lowest BCUT2D eigenvalue weighted by atomic mass is 9.95. The van der Waals surface area contributed by atoms with Crippen LogP contribution < -0.4 is 10.2 Å². The normalized spacial score (nSPS) is 30.6. The third kappa shape index (κ3) is 2.08. The number of rotatable bonds is 3. The summed E-state index contributed by atoms with van der Waals surface area (Å²) in [5.74, 6) is 3.59. The number of hydrogen-bond donors (Lipinski definition) is 1. The van der Waals surface area contributed by atoms with Crippen LogP contribution in [-0.4, -0.2) is 30.1 Å². The van der Waals surface area contributed by atoms with Crippen molar-refractivity contribution in [1.29, 1.82) is 0 Å². The van der Waals surface area contributed by atoms with Gasteiger partial charge in [-0.3, -0.25) is 0 Å². The number of fused-ring (bicyclic) bond motifs is 2. The molecule has 0 radical (unpaired) electrons. The number of nitrogens with one attached hydrogen (secondary N) is 1. The Balaban J connectivity index is 1.70. The lowest BCUT2D eigenvalue weighted by Gasteiger charge is -2.23. The Bertz CT molecular complexity index is 404. The van der Waals surface area contributed by atoms with E-state index in [0.29, 0.717) is 6.04 Å². The van der Waals surface area contributed by atoms with E-state index >= 15 is 0 Å². The zero-order chi connectivity index (χ0) is 11.8. The Hall–Kier alpha value is -1.32. The van der Waals surface area contributed by atoms with Crippen LogP contribution in [0.3, 0.4) is 0 Å². The van der Waals surface area contributed by atoms with Crippen molar-refractivity contribution in [2.75, 3.05) is 24.3 Å². The Morgan fingerprint density at radius 1 is 1.29 bits per heavy atom. The number of hydrogen-bond acceptors (Lipinski definition) is 4. The molecule has 1 N–H and O–H groups in total. The first-order valence-electron chi connectivity index (χ1n) is 6.49. The molecule has 17 heavy (non-hydrogen) atoms. The predicted octanol–water partition coefficient (Wildman–Crippen LogP) is 2.14. The van der Waals surface area contributed by atoms with Gasteiger partial charge in [-0.2, -0.15) is 4.98 Å². The van der Waals surface area contributed by atoms with Crippen LogP contribution in [-0.2, 0) is 0 Å². The Morgan fingerprint density at radius 3 is 2.82 bits per heavy atom. The fourth-order valence-corrected chi connectivity index (χ4v) is 3.26. The van der Waals surface area contributed by atoms with E-state index < -0.39 is 0 Å². The maximum Gasteiger partial charge on any atom is 0.226 e. The van der Waals surface area contributed by atoms with E-state index in [0.717, 1.165) is 23.6 Å². The molecule has 1 heterocycles. The molecule has 4 nitrogen and oxygen atoms in total. The molecule has 0 spiro atoms. The van der Waals surface area contributed by atoms with Gasteiger partial charge < -0.3 is 10.2 Å². The van der Waals surface area contributed by atoms with E-state index in [4.69, 9.17) is 0 Å². The molecule has 2 saturated carbocycles. The topological polar surface area (TPSA) is 41.1 Å². The van der Waals surface area contributed by atoms with Gasteiger partial charge in [0.05, 0.1) is 0 Å². The highest BCUT2D eigenvalue weighted by Crippen LogP contribution is 2.45. The molecule has 2 bridgehead atoms. The second-order valence-electron chi connectivity index (χ2n) is 5.56. The first-order chi connectivity index (χ1) is 8.22. The van der Waals surface area contributed by atoms with Crippen LogP contribution in [0.4, 0.5) is 11.8 Å². The van der Waals surface area contributed by atoms with Crippen molar-refractivity contribution in [1.82, 2.24) is 9.97 Å². The quantitative estimate of drug-likeness (QED) is 0.867. The summed E-state index contributed by atoms with van der Waals surface area (Å²) in [4.78, 5) is 10.7. The molecule has 0 saturated heterocycles. The molecule has 3 atom stereocenters. The minimum atomic E-state index is 0.638. The minimum Gasteiger partial charge on any atom is -0.367 e. The van der Waals surface area contributed by atoms with Gasteiger partial charge >= 0.3 is 0 Å². The molecule has 0 aromatic carbocycles. The summed E-state index contributed by atoms with van der Waals surface area (Å²) in [5.41, 5.74) is 0. The van der Waals surface area contributed by atoms with Crippen molar-refractivity contribution in [3.8, 4) is 0 Å². The average Bonchev–Trinajstić information content (AvgIpc) is 2.91. The zero-order valence-corrected chi connectivity index (χ0v) is 10.6. The van der Waals surface area contributed by atoms with Crippen molar-refractivity contribution in [2.24, 2.45) is 11.8 Å². The lowest BCUT2D eigenvalue weighted by molar-refractivity contribution is 0.439. The predicted molar refractivity (Wildman–Crippen MR) is 69.2 cm³/mol. The molecule has 3 unspecified atom stereocenters. The van der Waals surface area contributed by atoms with Crippen molar-refractivity contribution < 1.29 is 0 Å². The van der Waals surface area contributed by atoms with Gasteiger partial charge in [-0.1, -0.05) is 6.42 Å². The Kier molecular flexibility index (Phi) is 2.65. The van der Waals surface area contributed by atoms with E-state index in [1.807, 2.05) is 31.3 Å². The second kappa shape index (κ2) is 4.17. The van der Waals surface area contributed by atoms with Crippen molar-refractivity contribution in [3.63, 3.8) is 0 Å². The van der Waals surface area contributed by atoms with Crippen LogP contribution in [0.5, 0.6) is 0 Å². The fourth-order valence-electron chi connectivity index (χ4n) is 3.26. The summed E-state index contributed by atoms with van der Waals surface area (Å²) in [6.45, 7) is 0. The van der Waals surface area contributed by atoms with E-state index in [9.17, 15) is 0 Å². The van der Waals surface area contributed by atoms with Gasteiger partial charge in [0.15, 0.2) is 0 Å². The average molecular weight is 232 g/mol. The summed E-state index contributed by atoms with van der Waals surface area (Å²) in [5, 5.41) is 3.59. The molecular formula is C13H20N4. The van der Waals surface area contributed by atoms with Crippen molar-refractivity contribution in [2.45, 2.75) is 31.7 Å². The Labute approximate surface area is 102 Å². The maximum absolute atomic E-state index is 4.52. The molecule has 92 valence electrons. The molecule has 2 aliphatic carbocycles. The van der Waals surface area contributed by atoms with Crippen LogP contribution in [0.15, 0.2) is 12.3 Å². The van der Waals surface area contributed by atoms with Gasteiger partial charge in [0, 0.05) is 26.3 Å². The summed E-state index contributed by atoms with van der Waals surface area (Å²) in [7, 11) is 3.94. The molecule has 4 heteroatoms. The second-order valence-corrected chi connectivity index (χ2v) is 5.56.